The van der Waals surface area contributed by atoms with Gasteiger partial charge in [-0.15, -0.1) is 0 Å². The second-order valence-corrected chi connectivity index (χ2v) is 4.87. The van der Waals surface area contributed by atoms with Crippen molar-refractivity contribution >= 4 is 5.91 Å². The molecule has 1 N–H and O–H groups in total. The van der Waals surface area contributed by atoms with Crippen molar-refractivity contribution in [3.05, 3.63) is 0 Å². The summed E-state index contributed by atoms with van der Waals surface area (Å²) in [6.45, 7) is 2.65. The maximum Gasteiger partial charge on any atom is 0.251 e. The molecular weight excluding hydrogens is 204 g/mol. The lowest BCUT2D eigenvalue weighted by molar-refractivity contribution is -0.139. The first-order valence-corrected chi connectivity index (χ1v) is 6.37. The zero-order chi connectivity index (χ0) is 11.4. The van der Waals surface area contributed by atoms with Gasteiger partial charge in [-0.25, -0.2) is 0 Å². The molecule has 0 aromatic rings. The Morgan fingerprint density at radius 3 is 2.88 bits per heavy atom. The number of hydrogen-bond donors (Lipinski definition) is 1. The summed E-state index contributed by atoms with van der Waals surface area (Å²) in [5.74, 6) is 0.157. The first-order chi connectivity index (χ1) is 7.77. The Kier molecular flexibility index (Phi) is 4.18. The van der Waals surface area contributed by atoms with E-state index in [0.29, 0.717) is 6.04 Å². The fraction of sp³-hybridized carbons (Fsp3) is 0.917. The smallest absolute Gasteiger partial charge is 0.251 e. The van der Waals surface area contributed by atoms with Gasteiger partial charge in [0.2, 0.25) is 0 Å². The number of ether oxygens (including phenoxy) is 1. The highest BCUT2D eigenvalue weighted by atomic mass is 16.5. The van der Waals surface area contributed by atoms with Crippen LogP contribution < -0.4 is 5.32 Å². The predicted octanol–water partition coefficient (Wildman–Crippen LogP) is 0.766. The van der Waals surface area contributed by atoms with E-state index in [0.717, 1.165) is 32.5 Å². The van der Waals surface area contributed by atoms with E-state index in [2.05, 4.69) is 5.32 Å². The zero-order valence-electron chi connectivity index (χ0n) is 10.1. The molecule has 92 valence electrons. The van der Waals surface area contributed by atoms with E-state index in [4.69, 9.17) is 4.74 Å². The fourth-order valence-electron chi connectivity index (χ4n) is 2.52. The average Bonchev–Trinajstić information content (AvgIpc) is 2.83. The minimum atomic E-state index is -0.173. The zero-order valence-corrected chi connectivity index (χ0v) is 10.1. The number of nitrogens with one attached hydrogen (secondary N) is 1. The molecule has 0 radical (unpaired) electrons. The molecule has 4 nitrogen and oxygen atoms in total. The van der Waals surface area contributed by atoms with Crippen molar-refractivity contribution in [1.82, 2.24) is 10.2 Å². The summed E-state index contributed by atoms with van der Waals surface area (Å²) in [4.78, 5) is 13.8. The minimum absolute atomic E-state index is 0.157. The van der Waals surface area contributed by atoms with Crippen LogP contribution in [0.15, 0.2) is 0 Å². The van der Waals surface area contributed by atoms with E-state index in [9.17, 15) is 4.79 Å². The van der Waals surface area contributed by atoms with Gasteiger partial charge in [-0.05, 0) is 32.2 Å². The summed E-state index contributed by atoms with van der Waals surface area (Å²) < 4.78 is 5.41. The van der Waals surface area contributed by atoms with Crippen LogP contribution in [0, 0.1) is 0 Å². The average molecular weight is 226 g/mol. The van der Waals surface area contributed by atoms with Crippen LogP contribution in [0.5, 0.6) is 0 Å². The number of rotatable bonds is 3. The number of hydrogen-bond acceptors (Lipinski definition) is 3. The van der Waals surface area contributed by atoms with E-state index in [1.807, 2.05) is 11.9 Å². The van der Waals surface area contributed by atoms with Crippen molar-refractivity contribution in [3.63, 3.8) is 0 Å². The number of nitrogens with zero attached hydrogens (tertiary/aromatic N) is 1. The van der Waals surface area contributed by atoms with Crippen LogP contribution >= 0.6 is 0 Å². The lowest BCUT2D eigenvalue weighted by Gasteiger charge is -2.29. The van der Waals surface area contributed by atoms with Gasteiger partial charge in [-0.3, -0.25) is 4.79 Å². The van der Waals surface area contributed by atoms with Gasteiger partial charge in [0, 0.05) is 26.2 Å². The third-order valence-corrected chi connectivity index (χ3v) is 3.49. The predicted molar refractivity (Wildman–Crippen MR) is 62.3 cm³/mol. The maximum atomic E-state index is 12.0. The molecular formula is C12H22N2O2. The normalized spacial score (nSPS) is 30.3. The Bertz CT molecular complexity index is 233. The third kappa shape index (κ3) is 2.95. The van der Waals surface area contributed by atoms with Gasteiger partial charge in [0.1, 0.15) is 6.10 Å². The van der Waals surface area contributed by atoms with Gasteiger partial charge in [-0.1, -0.05) is 6.42 Å². The second-order valence-electron chi connectivity index (χ2n) is 4.87. The molecule has 2 rings (SSSR count). The van der Waals surface area contributed by atoms with Crippen molar-refractivity contribution < 1.29 is 9.53 Å². The lowest BCUT2D eigenvalue weighted by atomic mass is 10.0. The summed E-state index contributed by atoms with van der Waals surface area (Å²) in [6, 6.07) is 0.476. The minimum Gasteiger partial charge on any atom is -0.368 e. The Morgan fingerprint density at radius 1 is 1.38 bits per heavy atom. The molecule has 1 unspecified atom stereocenters. The Morgan fingerprint density at radius 2 is 2.25 bits per heavy atom. The van der Waals surface area contributed by atoms with Crippen LogP contribution in [0.2, 0.25) is 0 Å². The quantitative estimate of drug-likeness (QED) is 0.772. The summed E-state index contributed by atoms with van der Waals surface area (Å²) in [5.41, 5.74) is 0. The molecule has 0 aliphatic carbocycles. The summed E-state index contributed by atoms with van der Waals surface area (Å²) in [6.07, 6.45) is 5.46. The summed E-state index contributed by atoms with van der Waals surface area (Å²) in [5, 5.41) is 3.46. The molecule has 2 atom stereocenters. The number of likely N-dealkylation sites (N-methyl/N-ethyl adjacent to an activating group) is 1. The van der Waals surface area contributed by atoms with Crippen molar-refractivity contribution in [1.29, 1.82) is 0 Å². The molecule has 0 spiro atoms. The van der Waals surface area contributed by atoms with E-state index >= 15 is 0 Å². The van der Waals surface area contributed by atoms with Crippen LogP contribution in [0.25, 0.3) is 0 Å². The van der Waals surface area contributed by atoms with Crippen molar-refractivity contribution in [2.45, 2.75) is 44.2 Å². The highest BCUT2D eigenvalue weighted by Gasteiger charge is 2.27. The van der Waals surface area contributed by atoms with Crippen LogP contribution in [0.1, 0.15) is 32.1 Å². The van der Waals surface area contributed by atoms with E-state index in [1.165, 1.54) is 19.3 Å². The van der Waals surface area contributed by atoms with Gasteiger partial charge in [0.05, 0.1) is 0 Å². The first-order valence-electron chi connectivity index (χ1n) is 6.37. The molecule has 4 heteroatoms. The molecule has 0 bridgehead atoms. The van der Waals surface area contributed by atoms with Crippen LogP contribution in [0.3, 0.4) is 0 Å². The van der Waals surface area contributed by atoms with Gasteiger partial charge in [0.25, 0.3) is 5.91 Å². The number of amides is 1. The Hall–Kier alpha value is -0.610. The van der Waals surface area contributed by atoms with Gasteiger partial charge >= 0.3 is 0 Å². The Balaban J connectivity index is 1.77. The van der Waals surface area contributed by atoms with Crippen molar-refractivity contribution in [2.24, 2.45) is 0 Å². The molecule has 0 aromatic carbocycles. The first kappa shape index (κ1) is 11.9. The highest BCUT2D eigenvalue weighted by Crippen LogP contribution is 2.15. The molecule has 1 amide bonds. The third-order valence-electron chi connectivity index (χ3n) is 3.49. The number of carbonyl (C=O) groups excluding carboxylic acids is 1. The van der Waals surface area contributed by atoms with E-state index in [-0.39, 0.29) is 12.0 Å². The molecule has 0 saturated carbocycles. The molecule has 2 aliphatic heterocycles. The highest BCUT2D eigenvalue weighted by molar-refractivity contribution is 5.80. The largest absolute Gasteiger partial charge is 0.368 e. The molecule has 16 heavy (non-hydrogen) atoms. The Labute approximate surface area is 97.3 Å². The van der Waals surface area contributed by atoms with E-state index < -0.39 is 0 Å². The molecule has 2 aliphatic rings. The molecule has 2 fully saturated rings. The maximum absolute atomic E-state index is 12.0. The fourth-order valence-corrected chi connectivity index (χ4v) is 2.52. The lowest BCUT2D eigenvalue weighted by Crippen LogP contribution is -2.46. The number of piperidine rings is 1. The summed E-state index contributed by atoms with van der Waals surface area (Å²) in [7, 11) is 1.89. The van der Waals surface area contributed by atoms with Crippen molar-refractivity contribution in [3.8, 4) is 0 Å². The van der Waals surface area contributed by atoms with Crippen LogP contribution in [-0.4, -0.2) is 49.7 Å². The topological polar surface area (TPSA) is 41.6 Å². The second kappa shape index (κ2) is 5.64. The number of carbonyl (C=O) groups is 1. The van der Waals surface area contributed by atoms with E-state index in [1.54, 1.807) is 0 Å². The molecule has 2 heterocycles. The van der Waals surface area contributed by atoms with Crippen molar-refractivity contribution in [2.75, 3.05) is 26.7 Å². The van der Waals surface area contributed by atoms with Gasteiger partial charge in [0.15, 0.2) is 0 Å². The van der Waals surface area contributed by atoms with Gasteiger partial charge < -0.3 is 15.0 Å². The van der Waals surface area contributed by atoms with Crippen LogP contribution in [-0.2, 0) is 9.53 Å². The standard InChI is InChI=1S/C12H22N2O2/c1-14(9-10-5-2-3-7-13-10)12(15)11-6-4-8-16-11/h10-11,13H,2-9H2,1H3/t10?,11-/m1/s1. The molecule has 0 aromatic heterocycles. The monoisotopic (exact) mass is 226 g/mol. The van der Waals surface area contributed by atoms with Gasteiger partial charge in [-0.2, -0.15) is 0 Å². The SMILES string of the molecule is CN(CC1CCCCN1)C(=O)[C@H]1CCCO1. The summed E-state index contributed by atoms with van der Waals surface area (Å²) >= 11 is 0. The van der Waals surface area contributed by atoms with Crippen LogP contribution in [0.4, 0.5) is 0 Å². The molecule has 2 saturated heterocycles.